The number of hydrogen-bond donors (Lipinski definition) is 0. The summed E-state index contributed by atoms with van der Waals surface area (Å²) in [7, 11) is 0. The molecule has 2 fully saturated rings. The number of hydrogen-bond acceptors (Lipinski definition) is 2. The normalized spacial score (nSPS) is 31.6. The van der Waals surface area contributed by atoms with Crippen molar-refractivity contribution in [2.75, 3.05) is 0 Å². The van der Waals surface area contributed by atoms with Gasteiger partial charge in [-0.1, -0.05) is 57.8 Å². The molecular weight excluding hydrogens is 296 g/mol. The Morgan fingerprint density at radius 3 is 2.12 bits per heavy atom. The molecule has 0 aliphatic heterocycles. The van der Waals surface area contributed by atoms with Crippen molar-refractivity contribution in [3.63, 3.8) is 0 Å². The van der Waals surface area contributed by atoms with Crippen LogP contribution in [0.2, 0.25) is 0 Å². The first-order valence-electron chi connectivity index (χ1n) is 10.3. The molecule has 2 saturated carbocycles. The summed E-state index contributed by atoms with van der Waals surface area (Å²) in [5.41, 5.74) is 0. The third-order valence-corrected chi connectivity index (χ3v) is 5.97. The van der Waals surface area contributed by atoms with Crippen LogP contribution in [-0.4, -0.2) is 12.1 Å². The lowest BCUT2D eigenvalue weighted by Crippen LogP contribution is -2.29. The zero-order chi connectivity index (χ0) is 17.2. The Labute approximate surface area is 148 Å². The lowest BCUT2D eigenvalue weighted by molar-refractivity contribution is -0.145. The van der Waals surface area contributed by atoms with E-state index in [9.17, 15) is 4.79 Å². The van der Waals surface area contributed by atoms with Crippen LogP contribution < -0.4 is 0 Å². The van der Waals surface area contributed by atoms with Gasteiger partial charge in [0.1, 0.15) is 6.10 Å². The largest absolute Gasteiger partial charge is 0.459 e. The summed E-state index contributed by atoms with van der Waals surface area (Å²) in [6.45, 7) is 4.39. The zero-order valence-electron chi connectivity index (χ0n) is 15.7. The number of carbonyl (C=O) groups is 1. The van der Waals surface area contributed by atoms with E-state index in [1.807, 2.05) is 12.2 Å². The molecule has 24 heavy (non-hydrogen) atoms. The Kier molecular flexibility index (Phi) is 8.63. The smallest absolute Gasteiger partial charge is 0.331 e. The average molecular weight is 333 g/mol. The minimum Gasteiger partial charge on any atom is -0.459 e. The van der Waals surface area contributed by atoms with E-state index in [2.05, 4.69) is 13.8 Å². The van der Waals surface area contributed by atoms with Crippen molar-refractivity contribution in [1.29, 1.82) is 0 Å². The maximum atomic E-state index is 11.8. The Hall–Kier alpha value is -1.05. The highest BCUT2D eigenvalue weighted by Crippen LogP contribution is 2.41. The second-order valence-corrected chi connectivity index (χ2v) is 7.74. The van der Waals surface area contributed by atoms with Crippen molar-refractivity contribution >= 4 is 5.97 Å². The van der Waals surface area contributed by atoms with Crippen LogP contribution >= 0.6 is 0 Å². The number of allylic oxidation sites excluding steroid dienone is 3. The first kappa shape index (κ1) is 19.3. The lowest BCUT2D eigenvalue weighted by Gasteiger charge is -2.37. The van der Waals surface area contributed by atoms with Crippen LogP contribution in [0.25, 0.3) is 0 Å². The molecule has 0 heterocycles. The molecule has 0 aromatic rings. The van der Waals surface area contributed by atoms with Gasteiger partial charge in [0.2, 0.25) is 0 Å². The Morgan fingerprint density at radius 1 is 0.917 bits per heavy atom. The van der Waals surface area contributed by atoms with Crippen molar-refractivity contribution in [3.05, 3.63) is 24.3 Å². The molecule has 0 N–H and O–H groups in total. The predicted octanol–water partition coefficient (Wildman–Crippen LogP) is 6.22. The summed E-state index contributed by atoms with van der Waals surface area (Å²) in [5.74, 6) is 2.63. The quantitative estimate of drug-likeness (QED) is 0.314. The first-order valence-corrected chi connectivity index (χ1v) is 10.3. The van der Waals surface area contributed by atoms with E-state index in [1.165, 1.54) is 51.4 Å². The summed E-state index contributed by atoms with van der Waals surface area (Å²) in [4.78, 5) is 11.8. The van der Waals surface area contributed by atoms with Crippen molar-refractivity contribution < 1.29 is 9.53 Å². The van der Waals surface area contributed by atoms with Crippen molar-refractivity contribution in [2.24, 2.45) is 17.8 Å². The third-order valence-electron chi connectivity index (χ3n) is 5.97. The molecular formula is C22H36O2. The highest BCUT2D eigenvalue weighted by atomic mass is 16.5. The Bertz CT molecular complexity index is 408. The number of carbonyl (C=O) groups excluding carboxylic acids is 1. The van der Waals surface area contributed by atoms with E-state index in [4.69, 9.17) is 4.74 Å². The highest BCUT2D eigenvalue weighted by Gasteiger charge is 2.31. The Balaban J connectivity index is 1.65. The van der Waals surface area contributed by atoms with E-state index in [1.54, 1.807) is 12.2 Å². The topological polar surface area (TPSA) is 26.3 Å². The Morgan fingerprint density at radius 2 is 1.54 bits per heavy atom. The van der Waals surface area contributed by atoms with Gasteiger partial charge in [0.25, 0.3) is 0 Å². The standard InChI is InChI=1S/C22H36O2/c1-3-5-6-7-9-22(23)24-21-16-14-20(15-17-21)19-12-10-18(8-4-2)11-13-19/h5-7,9,18-21H,3-4,8,10-17H2,1-2H3. The average Bonchev–Trinajstić information content (AvgIpc) is 2.60. The summed E-state index contributed by atoms with van der Waals surface area (Å²) in [5, 5.41) is 0. The van der Waals surface area contributed by atoms with Crippen LogP contribution in [0.1, 0.15) is 84.5 Å². The van der Waals surface area contributed by atoms with E-state index in [0.29, 0.717) is 0 Å². The molecule has 0 bridgehead atoms. The zero-order valence-corrected chi connectivity index (χ0v) is 15.7. The molecule has 0 atom stereocenters. The molecule has 0 unspecified atom stereocenters. The molecule has 2 aliphatic carbocycles. The van der Waals surface area contributed by atoms with E-state index in [0.717, 1.165) is 37.0 Å². The van der Waals surface area contributed by atoms with Crippen LogP contribution in [-0.2, 0) is 9.53 Å². The minimum atomic E-state index is -0.181. The van der Waals surface area contributed by atoms with Gasteiger partial charge in [0, 0.05) is 6.08 Å². The third kappa shape index (κ3) is 6.45. The van der Waals surface area contributed by atoms with Crippen LogP contribution in [0.15, 0.2) is 24.3 Å². The molecule has 136 valence electrons. The van der Waals surface area contributed by atoms with Gasteiger partial charge in [0.15, 0.2) is 0 Å². The lowest BCUT2D eigenvalue weighted by atomic mass is 9.70. The van der Waals surface area contributed by atoms with Gasteiger partial charge in [-0.15, -0.1) is 0 Å². The van der Waals surface area contributed by atoms with Crippen molar-refractivity contribution in [3.8, 4) is 0 Å². The summed E-state index contributed by atoms with van der Waals surface area (Å²) < 4.78 is 5.60. The van der Waals surface area contributed by atoms with Gasteiger partial charge >= 0.3 is 5.97 Å². The molecule has 0 saturated heterocycles. The van der Waals surface area contributed by atoms with Gasteiger partial charge in [-0.25, -0.2) is 4.79 Å². The number of rotatable bonds is 7. The predicted molar refractivity (Wildman–Crippen MR) is 101 cm³/mol. The van der Waals surface area contributed by atoms with Crippen molar-refractivity contribution in [1.82, 2.24) is 0 Å². The fourth-order valence-electron chi connectivity index (χ4n) is 4.59. The fourth-order valence-corrected chi connectivity index (χ4v) is 4.59. The van der Waals surface area contributed by atoms with Gasteiger partial charge in [-0.3, -0.25) is 0 Å². The molecule has 0 aromatic heterocycles. The maximum Gasteiger partial charge on any atom is 0.331 e. The molecule has 0 aromatic carbocycles. The minimum absolute atomic E-state index is 0.144. The second-order valence-electron chi connectivity index (χ2n) is 7.74. The van der Waals surface area contributed by atoms with Crippen LogP contribution in [0, 0.1) is 17.8 Å². The van der Waals surface area contributed by atoms with Gasteiger partial charge in [-0.05, 0) is 62.7 Å². The maximum absolute atomic E-state index is 11.8. The molecule has 2 rings (SSSR count). The molecule has 2 nitrogen and oxygen atoms in total. The van der Waals surface area contributed by atoms with Gasteiger partial charge < -0.3 is 4.74 Å². The molecule has 2 aliphatic rings. The molecule has 0 spiro atoms. The van der Waals surface area contributed by atoms with Gasteiger partial charge in [0.05, 0.1) is 0 Å². The van der Waals surface area contributed by atoms with E-state index < -0.39 is 0 Å². The number of ether oxygens (including phenoxy) is 1. The van der Waals surface area contributed by atoms with Crippen LogP contribution in [0.3, 0.4) is 0 Å². The highest BCUT2D eigenvalue weighted by molar-refractivity contribution is 5.82. The monoisotopic (exact) mass is 332 g/mol. The van der Waals surface area contributed by atoms with Gasteiger partial charge in [-0.2, -0.15) is 0 Å². The fraction of sp³-hybridized carbons (Fsp3) is 0.773. The summed E-state index contributed by atoms with van der Waals surface area (Å²) in [6.07, 6.45) is 21.6. The van der Waals surface area contributed by atoms with E-state index in [-0.39, 0.29) is 12.1 Å². The SMILES string of the molecule is CCC=CC=CC(=O)OC1CCC(C2CCC(CCC)CC2)CC1. The molecule has 0 radical (unpaired) electrons. The summed E-state index contributed by atoms with van der Waals surface area (Å²) >= 11 is 0. The number of esters is 1. The molecule has 2 heteroatoms. The van der Waals surface area contributed by atoms with E-state index >= 15 is 0 Å². The second kappa shape index (κ2) is 10.7. The van der Waals surface area contributed by atoms with Crippen molar-refractivity contribution in [2.45, 2.75) is 90.6 Å². The van der Waals surface area contributed by atoms with Crippen LogP contribution in [0.4, 0.5) is 0 Å². The first-order chi connectivity index (χ1) is 11.7. The summed E-state index contributed by atoms with van der Waals surface area (Å²) in [6, 6.07) is 0. The van der Waals surface area contributed by atoms with Crippen LogP contribution in [0.5, 0.6) is 0 Å². The molecule has 0 amide bonds.